The van der Waals surface area contributed by atoms with Crippen LogP contribution in [0.25, 0.3) is 0 Å². The monoisotopic (exact) mass is 604 g/mol. The van der Waals surface area contributed by atoms with Crippen molar-refractivity contribution in [1.82, 2.24) is 9.88 Å². The normalized spacial score (nSPS) is 11.5. The number of halogens is 6. The van der Waals surface area contributed by atoms with Crippen molar-refractivity contribution in [2.24, 2.45) is 16.6 Å². The van der Waals surface area contributed by atoms with Crippen molar-refractivity contribution in [2.75, 3.05) is 17.9 Å². The summed E-state index contributed by atoms with van der Waals surface area (Å²) in [4.78, 5) is 37.7. The molecule has 0 spiro atoms. The number of guanidine groups is 1. The quantitative estimate of drug-likeness (QED) is 0.0905. The van der Waals surface area contributed by atoms with Gasteiger partial charge in [-0.15, -0.1) is 0 Å². The third-order valence-electron chi connectivity index (χ3n) is 4.34. The van der Waals surface area contributed by atoms with Gasteiger partial charge in [-0.25, -0.2) is 13.2 Å². The predicted molar refractivity (Wildman–Crippen MR) is 126 cm³/mol. The number of hydrogen-bond acceptors (Lipinski definition) is 7. The molecule has 1 amide bonds. The molecule has 2 aromatic rings. The van der Waals surface area contributed by atoms with Crippen LogP contribution in [0.2, 0.25) is 0 Å². The zero-order chi connectivity index (χ0) is 30.9. The van der Waals surface area contributed by atoms with E-state index in [1.165, 1.54) is 13.0 Å². The molecular weight excluding hydrogens is 582 g/mol. The van der Waals surface area contributed by atoms with Crippen molar-refractivity contribution in [3.8, 4) is 0 Å². The first-order valence-electron chi connectivity index (χ1n) is 10.4. The summed E-state index contributed by atoms with van der Waals surface area (Å²) in [7, 11) is -4.52. The van der Waals surface area contributed by atoms with E-state index in [-0.39, 0.29) is 19.1 Å². The van der Waals surface area contributed by atoms with Gasteiger partial charge in [0.05, 0.1) is 17.0 Å². The summed E-state index contributed by atoms with van der Waals surface area (Å²) < 4.78 is 98.5. The van der Waals surface area contributed by atoms with Crippen LogP contribution in [-0.4, -0.2) is 55.3 Å². The van der Waals surface area contributed by atoms with Crippen LogP contribution in [0.1, 0.15) is 11.3 Å². The second-order valence-electron chi connectivity index (χ2n) is 7.41. The molecule has 20 heteroatoms. The van der Waals surface area contributed by atoms with E-state index in [0.717, 1.165) is 28.8 Å². The van der Waals surface area contributed by atoms with E-state index in [1.807, 2.05) is 4.72 Å². The molecule has 0 aliphatic carbocycles. The number of aryl methyl sites for hydroxylation is 1. The van der Waals surface area contributed by atoms with Gasteiger partial charge in [0.15, 0.2) is 0 Å². The number of sulfonamides is 1. The maximum atomic E-state index is 12.9. The Kier molecular flexibility index (Phi) is 11.3. The van der Waals surface area contributed by atoms with Crippen molar-refractivity contribution in [3.05, 3.63) is 58.0 Å². The molecule has 0 atom stereocenters. The Labute approximate surface area is 221 Å². The van der Waals surface area contributed by atoms with Crippen LogP contribution in [-0.2, 0) is 37.2 Å². The first-order chi connectivity index (χ1) is 18.3. The summed E-state index contributed by atoms with van der Waals surface area (Å²) in [5.74, 6) is -3.65. The summed E-state index contributed by atoms with van der Waals surface area (Å²) >= 11 is 0. The van der Waals surface area contributed by atoms with Gasteiger partial charge in [-0.05, 0) is 42.4 Å². The summed E-state index contributed by atoms with van der Waals surface area (Å²) in [6.07, 6.45) is -9.83. The fourth-order valence-electron chi connectivity index (χ4n) is 2.54. The van der Waals surface area contributed by atoms with Gasteiger partial charge < -0.3 is 31.3 Å². The van der Waals surface area contributed by atoms with Gasteiger partial charge in [0.1, 0.15) is 18.8 Å². The lowest BCUT2D eigenvalue weighted by atomic mass is 10.2. The van der Waals surface area contributed by atoms with Gasteiger partial charge in [-0.2, -0.15) is 26.3 Å². The van der Waals surface area contributed by atoms with Crippen LogP contribution in [0.15, 0.2) is 51.2 Å². The largest absolute Gasteiger partial charge is 0.490 e. The molecule has 0 aliphatic heterocycles. The molecule has 0 fully saturated rings. The number of pyridine rings is 1. The number of aromatic nitrogens is 1. The number of oxime groups is 1. The standard InChI is InChI=1S/C18H21F3N6O5S.C2HF3O2/c1-11-5-6-14(16(29)27(11)10-15(28)24-7-8-32-25-17(22)23)26-33(30,31)13-4-2-3-12(9-13)18(19,20)21;3-2(4,5)1(6)7/h2-6,9,26H,7-8,10H2,1H3,(H,24,28)(H4,22,23,25);(H,6,7). The van der Waals surface area contributed by atoms with Crippen molar-refractivity contribution >= 4 is 33.5 Å². The van der Waals surface area contributed by atoms with Gasteiger partial charge in [-0.3, -0.25) is 14.3 Å². The van der Waals surface area contributed by atoms with Gasteiger partial charge in [0.2, 0.25) is 11.9 Å². The average molecular weight is 604 g/mol. The lowest BCUT2D eigenvalue weighted by Crippen LogP contribution is -2.36. The molecular formula is C20H22F6N6O7S. The Hall–Kier alpha value is -4.49. The molecule has 1 aromatic heterocycles. The molecule has 2 rings (SSSR count). The van der Waals surface area contributed by atoms with E-state index in [4.69, 9.17) is 26.2 Å². The third-order valence-corrected chi connectivity index (χ3v) is 5.70. The highest BCUT2D eigenvalue weighted by atomic mass is 32.2. The van der Waals surface area contributed by atoms with Crippen molar-refractivity contribution < 1.29 is 54.3 Å². The number of nitrogens with two attached hydrogens (primary N) is 2. The average Bonchev–Trinajstić information content (AvgIpc) is 2.82. The highest BCUT2D eigenvalue weighted by Crippen LogP contribution is 2.30. The molecule has 0 unspecified atom stereocenters. The highest BCUT2D eigenvalue weighted by Gasteiger charge is 2.38. The summed E-state index contributed by atoms with van der Waals surface area (Å²) in [6, 6.07) is 5.60. The van der Waals surface area contributed by atoms with Crippen molar-refractivity contribution in [2.45, 2.75) is 30.7 Å². The third kappa shape index (κ3) is 10.7. The van der Waals surface area contributed by atoms with Crippen LogP contribution < -0.4 is 27.1 Å². The molecule has 7 N–H and O–H groups in total. The smallest absolute Gasteiger partial charge is 0.475 e. The number of nitrogens with zero attached hydrogens (tertiary/aromatic N) is 2. The fraction of sp³-hybridized carbons (Fsp3) is 0.300. The molecule has 40 heavy (non-hydrogen) atoms. The van der Waals surface area contributed by atoms with Gasteiger partial charge in [0, 0.05) is 5.69 Å². The number of alkyl halides is 6. The second kappa shape index (κ2) is 13.5. The number of benzene rings is 1. The second-order valence-corrected chi connectivity index (χ2v) is 9.10. The number of nitrogens with one attached hydrogen (secondary N) is 2. The number of amides is 1. The van der Waals surface area contributed by atoms with Crippen LogP contribution in [0, 0.1) is 6.92 Å². The fourth-order valence-corrected chi connectivity index (χ4v) is 3.65. The molecule has 1 heterocycles. The first kappa shape index (κ1) is 33.5. The maximum absolute atomic E-state index is 12.9. The van der Waals surface area contributed by atoms with E-state index in [1.54, 1.807) is 0 Å². The molecule has 0 saturated heterocycles. The van der Waals surface area contributed by atoms with E-state index in [2.05, 4.69) is 10.5 Å². The predicted octanol–water partition coefficient (Wildman–Crippen LogP) is 0.931. The topological polar surface area (TPSA) is 208 Å². The van der Waals surface area contributed by atoms with E-state index in [0.29, 0.717) is 11.8 Å². The van der Waals surface area contributed by atoms with Crippen LogP contribution in [0.3, 0.4) is 0 Å². The van der Waals surface area contributed by atoms with Crippen LogP contribution in [0.5, 0.6) is 0 Å². The molecule has 1 aromatic carbocycles. The Morgan fingerprint density at radius 1 is 1.10 bits per heavy atom. The summed E-state index contributed by atoms with van der Waals surface area (Å²) in [5, 5.41) is 12.8. The molecule has 0 aliphatic rings. The summed E-state index contributed by atoms with van der Waals surface area (Å²) in [6.45, 7) is 1.04. The van der Waals surface area contributed by atoms with E-state index < -0.39 is 62.5 Å². The van der Waals surface area contributed by atoms with Crippen molar-refractivity contribution in [3.63, 3.8) is 0 Å². The number of carboxylic acids is 1. The Morgan fingerprint density at radius 3 is 2.23 bits per heavy atom. The van der Waals surface area contributed by atoms with Gasteiger partial charge in [0.25, 0.3) is 15.6 Å². The minimum Gasteiger partial charge on any atom is -0.475 e. The zero-order valence-corrected chi connectivity index (χ0v) is 21.0. The number of carboxylic acid groups (broad SMARTS) is 1. The molecule has 13 nitrogen and oxygen atoms in total. The van der Waals surface area contributed by atoms with Crippen LogP contribution >= 0.6 is 0 Å². The van der Waals surface area contributed by atoms with E-state index in [9.17, 15) is 44.3 Å². The Balaban J connectivity index is 0.00000101. The van der Waals surface area contributed by atoms with Gasteiger partial charge in [-0.1, -0.05) is 6.07 Å². The van der Waals surface area contributed by atoms with E-state index >= 15 is 0 Å². The number of anilines is 1. The molecule has 0 saturated carbocycles. The number of carbonyl (C=O) groups excluding carboxylic acids is 1. The lowest BCUT2D eigenvalue weighted by Gasteiger charge is -2.14. The lowest BCUT2D eigenvalue weighted by molar-refractivity contribution is -0.192. The van der Waals surface area contributed by atoms with Gasteiger partial charge >= 0.3 is 18.3 Å². The Morgan fingerprint density at radius 2 is 1.70 bits per heavy atom. The molecule has 0 bridgehead atoms. The number of carbonyl (C=O) groups is 2. The first-order valence-corrected chi connectivity index (χ1v) is 11.9. The number of hydrogen-bond donors (Lipinski definition) is 5. The SMILES string of the molecule is Cc1ccc(NS(=O)(=O)c2cccc(C(F)(F)F)c2)c(=O)n1CC(=O)NCCON=C(N)N.O=C(O)C(F)(F)F. The molecule has 0 radical (unpaired) electrons. The summed E-state index contributed by atoms with van der Waals surface area (Å²) in [5.41, 5.74) is 8.02. The Bertz CT molecular complexity index is 1400. The molecule has 222 valence electrons. The van der Waals surface area contributed by atoms with Crippen LogP contribution in [0.4, 0.5) is 32.0 Å². The van der Waals surface area contributed by atoms with Crippen molar-refractivity contribution in [1.29, 1.82) is 0 Å². The minimum atomic E-state index is -5.08. The highest BCUT2D eigenvalue weighted by molar-refractivity contribution is 7.92. The minimum absolute atomic E-state index is 0.0191. The number of rotatable bonds is 9. The zero-order valence-electron chi connectivity index (χ0n) is 20.2. The number of aliphatic carboxylic acids is 1. The maximum Gasteiger partial charge on any atom is 0.490 e.